The van der Waals surface area contributed by atoms with Crippen LogP contribution in [0.1, 0.15) is 27.8 Å². The Balaban J connectivity index is 1.01. The lowest BCUT2D eigenvalue weighted by molar-refractivity contribution is 0.174. The Hall–Kier alpha value is -4.41. The van der Waals surface area contributed by atoms with Gasteiger partial charge in [0.25, 0.3) is 10.0 Å². The number of fused-ring (bicyclic) bond motifs is 1. The van der Waals surface area contributed by atoms with Gasteiger partial charge in [0.1, 0.15) is 0 Å². The van der Waals surface area contributed by atoms with Crippen molar-refractivity contribution in [1.29, 1.82) is 0 Å². The van der Waals surface area contributed by atoms with E-state index in [2.05, 4.69) is 50.7 Å². The summed E-state index contributed by atoms with van der Waals surface area (Å²) in [5, 5.41) is 18.9. The fourth-order valence-corrected chi connectivity index (χ4v) is 6.85. The van der Waals surface area contributed by atoms with E-state index in [0.717, 1.165) is 39.4 Å². The van der Waals surface area contributed by atoms with E-state index in [-0.39, 0.29) is 4.90 Å². The lowest BCUT2D eigenvalue weighted by atomic mass is 10.1. The molecule has 0 bridgehead atoms. The number of thiazole rings is 1. The molecule has 7 nitrogen and oxygen atoms in total. The number of anilines is 1. The zero-order valence-corrected chi connectivity index (χ0v) is 25.6. The van der Waals surface area contributed by atoms with Crippen LogP contribution < -0.4 is 10.0 Å². The molecular weight excluding hydrogens is 589 g/mol. The van der Waals surface area contributed by atoms with Crippen LogP contribution in [0.5, 0.6) is 0 Å². The average molecular weight is 621 g/mol. The Bertz CT molecular complexity index is 1940. The standard InChI is InChI=1S/C35H32N4O3S2/c40-34(30-6-3-18-36-22-30)23-37-19-17-25-7-13-31(14-8-25)39-44(41,42)32-15-9-26(10-16-32)20-35-38-33(24-43-35)29-12-11-27-4-1-2-5-28(27)21-29/h1-16,18,21-22,24,34,37,39-40H,17,19-20,23H2/t34-/m0/s1. The van der Waals surface area contributed by atoms with Crippen LogP contribution in [-0.4, -0.2) is 36.6 Å². The van der Waals surface area contributed by atoms with Gasteiger partial charge in [0, 0.05) is 47.6 Å². The summed E-state index contributed by atoms with van der Waals surface area (Å²) in [4.78, 5) is 9.07. The van der Waals surface area contributed by atoms with Gasteiger partial charge in [-0.25, -0.2) is 13.4 Å². The molecule has 222 valence electrons. The number of pyridine rings is 1. The van der Waals surface area contributed by atoms with Gasteiger partial charge in [0.05, 0.1) is 21.7 Å². The minimum atomic E-state index is -3.73. The van der Waals surface area contributed by atoms with Crippen LogP contribution in [0.3, 0.4) is 0 Å². The monoisotopic (exact) mass is 620 g/mol. The molecule has 6 aromatic rings. The highest BCUT2D eigenvalue weighted by Gasteiger charge is 2.15. The van der Waals surface area contributed by atoms with Gasteiger partial charge in [0.15, 0.2) is 0 Å². The third kappa shape index (κ3) is 7.38. The van der Waals surface area contributed by atoms with E-state index in [0.29, 0.717) is 25.2 Å². The number of benzene rings is 4. The lowest BCUT2D eigenvalue weighted by Gasteiger charge is -2.12. The molecule has 3 N–H and O–H groups in total. The summed E-state index contributed by atoms with van der Waals surface area (Å²) < 4.78 is 28.8. The Morgan fingerprint density at radius 1 is 0.841 bits per heavy atom. The number of nitrogens with zero attached hydrogens (tertiary/aromatic N) is 2. The second-order valence-electron chi connectivity index (χ2n) is 10.6. The number of aliphatic hydroxyl groups is 1. The second-order valence-corrected chi connectivity index (χ2v) is 13.2. The Labute approximate surface area is 261 Å². The van der Waals surface area contributed by atoms with Crippen molar-refractivity contribution < 1.29 is 13.5 Å². The molecule has 0 saturated carbocycles. The Morgan fingerprint density at radius 2 is 1.61 bits per heavy atom. The van der Waals surface area contributed by atoms with Crippen molar-refractivity contribution >= 4 is 37.8 Å². The van der Waals surface area contributed by atoms with E-state index in [4.69, 9.17) is 4.98 Å². The van der Waals surface area contributed by atoms with Crippen molar-refractivity contribution in [2.45, 2.75) is 23.8 Å². The van der Waals surface area contributed by atoms with Crippen molar-refractivity contribution in [1.82, 2.24) is 15.3 Å². The van der Waals surface area contributed by atoms with Crippen LogP contribution in [0.2, 0.25) is 0 Å². The van der Waals surface area contributed by atoms with Gasteiger partial charge in [-0.15, -0.1) is 11.3 Å². The quantitative estimate of drug-likeness (QED) is 0.133. The molecule has 0 radical (unpaired) electrons. The third-order valence-electron chi connectivity index (χ3n) is 7.39. The molecule has 1 atom stereocenters. The molecule has 0 unspecified atom stereocenters. The minimum Gasteiger partial charge on any atom is -0.387 e. The summed E-state index contributed by atoms with van der Waals surface area (Å²) in [5.41, 5.74) is 5.36. The smallest absolute Gasteiger partial charge is 0.261 e. The number of aliphatic hydroxyl groups excluding tert-OH is 1. The maximum absolute atomic E-state index is 13.0. The predicted octanol–water partition coefficient (Wildman–Crippen LogP) is 6.62. The van der Waals surface area contributed by atoms with Crippen molar-refractivity contribution in [3.63, 3.8) is 0 Å². The minimum absolute atomic E-state index is 0.206. The normalized spacial score (nSPS) is 12.3. The zero-order valence-electron chi connectivity index (χ0n) is 23.9. The number of rotatable bonds is 12. The lowest BCUT2D eigenvalue weighted by Crippen LogP contribution is -2.23. The number of hydrogen-bond donors (Lipinski definition) is 3. The molecule has 0 aliphatic rings. The summed E-state index contributed by atoms with van der Waals surface area (Å²) >= 11 is 1.60. The van der Waals surface area contributed by atoms with Gasteiger partial charge >= 0.3 is 0 Å². The molecule has 9 heteroatoms. The van der Waals surface area contributed by atoms with E-state index >= 15 is 0 Å². The first kappa shape index (κ1) is 29.7. The van der Waals surface area contributed by atoms with E-state index in [9.17, 15) is 13.5 Å². The largest absolute Gasteiger partial charge is 0.387 e. The first-order valence-electron chi connectivity index (χ1n) is 14.4. The van der Waals surface area contributed by atoms with Crippen molar-refractivity contribution in [3.8, 4) is 11.3 Å². The average Bonchev–Trinajstić information content (AvgIpc) is 3.52. The fourth-order valence-electron chi connectivity index (χ4n) is 4.95. The van der Waals surface area contributed by atoms with Gasteiger partial charge < -0.3 is 10.4 Å². The van der Waals surface area contributed by atoms with Gasteiger partial charge in [0.2, 0.25) is 0 Å². The Kier molecular flexibility index (Phi) is 9.09. The maximum atomic E-state index is 13.0. The number of sulfonamides is 1. The topological polar surface area (TPSA) is 104 Å². The highest BCUT2D eigenvalue weighted by molar-refractivity contribution is 7.92. The number of nitrogens with one attached hydrogen (secondary N) is 2. The van der Waals surface area contributed by atoms with Crippen LogP contribution in [0.4, 0.5) is 5.69 Å². The van der Waals surface area contributed by atoms with Gasteiger partial charge in [-0.1, -0.05) is 66.7 Å². The van der Waals surface area contributed by atoms with Crippen LogP contribution >= 0.6 is 11.3 Å². The highest BCUT2D eigenvalue weighted by Crippen LogP contribution is 2.27. The molecular formula is C35H32N4O3S2. The van der Waals surface area contributed by atoms with Crippen LogP contribution in [0.25, 0.3) is 22.0 Å². The van der Waals surface area contributed by atoms with Crippen molar-refractivity contribution in [3.05, 3.63) is 143 Å². The maximum Gasteiger partial charge on any atom is 0.261 e. The van der Waals surface area contributed by atoms with E-state index in [1.165, 1.54) is 10.8 Å². The fraction of sp³-hybridized carbons (Fsp3) is 0.143. The molecule has 0 spiro atoms. The summed E-state index contributed by atoms with van der Waals surface area (Å²) in [7, 11) is -3.73. The SMILES string of the molecule is O=S(=O)(Nc1ccc(CCNC[C@H](O)c2cccnc2)cc1)c1ccc(Cc2nc(-c3ccc4ccccc4c3)cs2)cc1. The Morgan fingerprint density at radius 3 is 2.39 bits per heavy atom. The first-order valence-corrected chi connectivity index (χ1v) is 16.7. The molecule has 6 rings (SSSR count). The van der Waals surface area contributed by atoms with Crippen LogP contribution in [0, 0.1) is 0 Å². The molecule has 0 aliphatic heterocycles. The third-order valence-corrected chi connectivity index (χ3v) is 9.64. The number of aromatic nitrogens is 2. The summed E-state index contributed by atoms with van der Waals surface area (Å²) in [6.45, 7) is 1.11. The van der Waals surface area contributed by atoms with Gasteiger partial charge in [-0.05, 0) is 71.3 Å². The van der Waals surface area contributed by atoms with Crippen molar-refractivity contribution in [2.75, 3.05) is 17.8 Å². The van der Waals surface area contributed by atoms with Crippen LogP contribution in [-0.2, 0) is 22.9 Å². The summed E-state index contributed by atoms with van der Waals surface area (Å²) in [6.07, 6.45) is 4.10. The molecule has 2 aromatic heterocycles. The first-order chi connectivity index (χ1) is 21.4. The van der Waals surface area contributed by atoms with Gasteiger partial charge in [-0.3, -0.25) is 9.71 Å². The van der Waals surface area contributed by atoms with E-state index in [1.807, 2.05) is 42.5 Å². The van der Waals surface area contributed by atoms with Crippen molar-refractivity contribution in [2.24, 2.45) is 0 Å². The summed E-state index contributed by atoms with van der Waals surface area (Å²) in [5.74, 6) is 0. The zero-order chi connectivity index (χ0) is 30.4. The molecule has 4 aromatic carbocycles. The molecule has 2 heterocycles. The predicted molar refractivity (Wildman–Crippen MR) is 177 cm³/mol. The number of hydrogen-bond acceptors (Lipinski definition) is 7. The molecule has 0 aliphatic carbocycles. The highest BCUT2D eigenvalue weighted by atomic mass is 32.2. The van der Waals surface area contributed by atoms with E-state index in [1.54, 1.807) is 54.1 Å². The molecule has 0 amide bonds. The van der Waals surface area contributed by atoms with E-state index < -0.39 is 16.1 Å². The molecule has 44 heavy (non-hydrogen) atoms. The van der Waals surface area contributed by atoms with Crippen LogP contribution in [0.15, 0.2) is 126 Å². The molecule has 0 saturated heterocycles. The molecule has 0 fully saturated rings. The second kappa shape index (κ2) is 13.5. The summed E-state index contributed by atoms with van der Waals surface area (Å²) in [6, 6.07) is 32.6. The van der Waals surface area contributed by atoms with Gasteiger partial charge in [-0.2, -0.15) is 0 Å².